The molecule has 1 unspecified atom stereocenters. The van der Waals surface area contributed by atoms with Crippen molar-refractivity contribution < 1.29 is 0 Å². The topological polar surface area (TPSA) is 32.3 Å². The van der Waals surface area contributed by atoms with E-state index < -0.39 is 0 Å². The molecular weight excluding hydrogens is 236 g/mol. The maximum absolute atomic E-state index is 4.56. The zero-order valence-corrected chi connectivity index (χ0v) is 11.1. The molecule has 0 spiro atoms. The van der Waals surface area contributed by atoms with Crippen LogP contribution in [0.3, 0.4) is 0 Å². The predicted molar refractivity (Wildman–Crippen MR) is 75.7 cm³/mol. The fraction of sp³-hybridized carbons (Fsp3) is 0.333. The van der Waals surface area contributed by atoms with Gasteiger partial charge in [-0.1, -0.05) is 18.2 Å². The smallest absolute Gasteiger partial charge is 0.178 e. The summed E-state index contributed by atoms with van der Waals surface area (Å²) < 4.78 is 0. The molecule has 4 rings (SSSR count). The van der Waals surface area contributed by atoms with Gasteiger partial charge in [0.15, 0.2) is 11.6 Å². The molecule has 1 aromatic carbocycles. The molecule has 2 aromatic rings. The fourth-order valence-electron chi connectivity index (χ4n) is 3.25. The second-order valence-corrected chi connectivity index (χ2v) is 5.39. The minimum absolute atomic E-state index is 0.329. The molecular formula is C15H16N4. The van der Waals surface area contributed by atoms with Gasteiger partial charge in [0.25, 0.3) is 0 Å². The number of anilines is 3. The van der Waals surface area contributed by atoms with Crippen molar-refractivity contribution in [2.75, 3.05) is 9.80 Å². The summed E-state index contributed by atoms with van der Waals surface area (Å²) in [6.07, 6.45) is 4.92. The van der Waals surface area contributed by atoms with Crippen LogP contribution in [-0.4, -0.2) is 22.2 Å². The lowest BCUT2D eigenvalue weighted by Crippen LogP contribution is -2.43. The summed E-state index contributed by atoms with van der Waals surface area (Å²) in [5.41, 5.74) is 2.67. The number of aromatic nitrogens is 2. The molecule has 0 fully saturated rings. The Morgan fingerprint density at radius 2 is 1.84 bits per heavy atom. The van der Waals surface area contributed by atoms with Crippen molar-refractivity contribution >= 4 is 17.3 Å². The van der Waals surface area contributed by atoms with Crippen molar-refractivity contribution in [3.63, 3.8) is 0 Å². The average Bonchev–Trinajstić information content (AvgIpc) is 2.91. The van der Waals surface area contributed by atoms with Crippen LogP contribution < -0.4 is 9.80 Å². The van der Waals surface area contributed by atoms with Gasteiger partial charge >= 0.3 is 0 Å². The third-order valence-corrected chi connectivity index (χ3v) is 3.96. The maximum Gasteiger partial charge on any atom is 0.178 e. The van der Waals surface area contributed by atoms with E-state index in [0.717, 1.165) is 18.1 Å². The van der Waals surface area contributed by atoms with Gasteiger partial charge in [-0.3, -0.25) is 0 Å². The van der Waals surface area contributed by atoms with Crippen molar-refractivity contribution in [2.45, 2.75) is 32.5 Å². The van der Waals surface area contributed by atoms with Crippen molar-refractivity contribution in [3.05, 3.63) is 42.2 Å². The largest absolute Gasteiger partial charge is 0.330 e. The summed E-state index contributed by atoms with van der Waals surface area (Å²) in [6, 6.07) is 9.01. The van der Waals surface area contributed by atoms with Gasteiger partial charge in [-0.25, -0.2) is 9.97 Å². The number of hydrogen-bond donors (Lipinski definition) is 0. The van der Waals surface area contributed by atoms with Crippen LogP contribution in [-0.2, 0) is 6.42 Å². The van der Waals surface area contributed by atoms with E-state index in [0.29, 0.717) is 12.2 Å². The van der Waals surface area contributed by atoms with Crippen molar-refractivity contribution in [3.8, 4) is 0 Å². The fourth-order valence-corrected chi connectivity index (χ4v) is 3.25. The number of rotatable bonds is 1. The third-order valence-electron chi connectivity index (χ3n) is 3.96. The lowest BCUT2D eigenvalue weighted by Gasteiger charge is -2.29. The molecule has 0 bridgehead atoms. The summed E-state index contributed by atoms with van der Waals surface area (Å²) in [6.45, 7) is 4.43. The second kappa shape index (κ2) is 3.70. The first kappa shape index (κ1) is 10.8. The third kappa shape index (κ3) is 1.34. The molecule has 3 heterocycles. The van der Waals surface area contributed by atoms with Crippen molar-refractivity contribution in [1.29, 1.82) is 0 Å². The first-order chi connectivity index (χ1) is 9.27. The van der Waals surface area contributed by atoms with Gasteiger partial charge in [0.05, 0.1) is 0 Å². The molecule has 19 heavy (non-hydrogen) atoms. The molecule has 0 aliphatic carbocycles. The summed E-state index contributed by atoms with van der Waals surface area (Å²) >= 11 is 0. The highest BCUT2D eigenvalue weighted by Gasteiger charge is 2.44. The van der Waals surface area contributed by atoms with Gasteiger partial charge in [0.2, 0.25) is 0 Å². The van der Waals surface area contributed by atoms with Crippen LogP contribution in [0.5, 0.6) is 0 Å². The lowest BCUT2D eigenvalue weighted by atomic mass is 10.1. The molecule has 2 aliphatic heterocycles. The van der Waals surface area contributed by atoms with Crippen LogP contribution in [0.1, 0.15) is 19.4 Å². The molecule has 1 atom stereocenters. The van der Waals surface area contributed by atoms with Crippen molar-refractivity contribution in [1.82, 2.24) is 9.97 Å². The zero-order valence-electron chi connectivity index (χ0n) is 11.1. The van der Waals surface area contributed by atoms with Crippen LogP contribution >= 0.6 is 0 Å². The van der Waals surface area contributed by atoms with E-state index in [9.17, 15) is 0 Å². The Balaban J connectivity index is 1.92. The van der Waals surface area contributed by atoms with E-state index in [1.165, 1.54) is 11.3 Å². The van der Waals surface area contributed by atoms with Gasteiger partial charge in [-0.2, -0.15) is 0 Å². The molecule has 0 radical (unpaired) electrons. The second-order valence-electron chi connectivity index (χ2n) is 5.39. The van der Waals surface area contributed by atoms with Crippen molar-refractivity contribution in [2.24, 2.45) is 0 Å². The quantitative estimate of drug-likeness (QED) is 0.781. The molecule has 0 amide bonds. The molecule has 2 aliphatic rings. The van der Waals surface area contributed by atoms with Gasteiger partial charge in [-0.05, 0) is 25.5 Å². The van der Waals surface area contributed by atoms with Crippen LogP contribution in [0.4, 0.5) is 17.3 Å². The summed E-state index contributed by atoms with van der Waals surface area (Å²) in [4.78, 5) is 13.8. The van der Waals surface area contributed by atoms with Gasteiger partial charge in [-0.15, -0.1) is 0 Å². The first-order valence-corrected chi connectivity index (χ1v) is 6.74. The normalized spacial score (nSPS) is 19.6. The summed E-state index contributed by atoms with van der Waals surface area (Å²) in [5, 5.41) is 0. The SMILES string of the molecule is CC(C)N1c2nccnc2N2c3ccccc3CC21. The molecule has 4 heteroatoms. The molecule has 0 N–H and O–H groups in total. The van der Waals surface area contributed by atoms with E-state index >= 15 is 0 Å². The summed E-state index contributed by atoms with van der Waals surface area (Å²) in [7, 11) is 0. The lowest BCUT2D eigenvalue weighted by molar-refractivity contribution is 0.584. The van der Waals surface area contributed by atoms with Gasteiger partial charge in [0.1, 0.15) is 6.17 Å². The maximum atomic E-state index is 4.56. The molecule has 0 saturated carbocycles. The van der Waals surface area contributed by atoms with Gasteiger partial charge in [0, 0.05) is 30.5 Å². The zero-order chi connectivity index (χ0) is 13.0. The van der Waals surface area contributed by atoms with E-state index in [1.54, 1.807) is 12.4 Å². The Morgan fingerprint density at radius 3 is 2.63 bits per heavy atom. The Bertz CT molecular complexity index is 638. The van der Waals surface area contributed by atoms with Crippen LogP contribution in [0, 0.1) is 0 Å². The van der Waals surface area contributed by atoms with Crippen LogP contribution in [0.2, 0.25) is 0 Å². The molecule has 4 nitrogen and oxygen atoms in total. The Kier molecular flexibility index (Phi) is 2.10. The van der Waals surface area contributed by atoms with Crippen LogP contribution in [0.15, 0.2) is 36.7 Å². The number of hydrogen-bond acceptors (Lipinski definition) is 4. The Hall–Kier alpha value is -2.10. The highest BCUT2D eigenvalue weighted by Crippen LogP contribution is 2.48. The summed E-state index contributed by atoms with van der Waals surface area (Å²) in [5.74, 6) is 2.00. The Morgan fingerprint density at radius 1 is 1.11 bits per heavy atom. The minimum Gasteiger partial charge on any atom is -0.330 e. The average molecular weight is 252 g/mol. The molecule has 0 saturated heterocycles. The van der Waals surface area contributed by atoms with E-state index in [4.69, 9.17) is 0 Å². The number of benzene rings is 1. The highest BCUT2D eigenvalue weighted by atomic mass is 15.5. The monoisotopic (exact) mass is 252 g/mol. The molecule has 1 aromatic heterocycles. The van der Waals surface area contributed by atoms with Gasteiger partial charge < -0.3 is 9.80 Å². The standard InChI is InChI=1S/C15H16N4/c1-10(2)18-13-9-11-5-3-4-6-12(11)19(13)15-14(18)16-7-8-17-15/h3-8,10,13H,9H2,1-2H3. The van der Waals surface area contributed by atoms with E-state index in [1.807, 2.05) is 0 Å². The predicted octanol–water partition coefficient (Wildman–Crippen LogP) is 2.73. The Labute approximate surface area is 112 Å². The first-order valence-electron chi connectivity index (χ1n) is 6.74. The number of para-hydroxylation sites is 1. The van der Waals surface area contributed by atoms with E-state index in [2.05, 4.69) is 57.9 Å². The number of nitrogens with zero attached hydrogens (tertiary/aromatic N) is 4. The molecule has 96 valence electrons. The number of fused-ring (bicyclic) bond motifs is 5. The van der Waals surface area contributed by atoms with E-state index in [-0.39, 0.29) is 0 Å². The highest BCUT2D eigenvalue weighted by molar-refractivity contribution is 5.82. The van der Waals surface area contributed by atoms with Crippen LogP contribution in [0.25, 0.3) is 0 Å². The minimum atomic E-state index is 0.329.